The van der Waals surface area contributed by atoms with Gasteiger partial charge in [0.05, 0.1) is 18.7 Å². The number of methoxy groups -OCH3 is 1. The summed E-state index contributed by atoms with van der Waals surface area (Å²) in [7, 11) is 1.48. The van der Waals surface area contributed by atoms with Crippen LogP contribution >= 0.6 is 0 Å². The van der Waals surface area contributed by atoms with Crippen LogP contribution in [0, 0.1) is 5.82 Å². The minimum atomic E-state index is -0.498. The SMILES string of the molecule is CC[C@@H](C(=O)Nc1ccc(OC)c(NC(=O)c2cccc(F)c2)c1)c1ccccc1. The number of hydrogen-bond acceptors (Lipinski definition) is 3. The highest BCUT2D eigenvalue weighted by Crippen LogP contribution is 2.29. The Bertz CT molecular complexity index is 1040. The van der Waals surface area contributed by atoms with Crippen molar-refractivity contribution in [1.82, 2.24) is 0 Å². The van der Waals surface area contributed by atoms with Gasteiger partial charge in [0, 0.05) is 11.3 Å². The van der Waals surface area contributed by atoms with Gasteiger partial charge in [0.1, 0.15) is 11.6 Å². The molecule has 0 saturated heterocycles. The number of carbonyl (C=O) groups is 2. The monoisotopic (exact) mass is 406 g/mol. The Kier molecular flexibility index (Phi) is 6.80. The molecule has 0 aliphatic rings. The number of amides is 2. The van der Waals surface area contributed by atoms with Crippen molar-refractivity contribution in [1.29, 1.82) is 0 Å². The lowest BCUT2D eigenvalue weighted by atomic mass is 9.95. The van der Waals surface area contributed by atoms with Gasteiger partial charge in [-0.05, 0) is 48.4 Å². The first-order chi connectivity index (χ1) is 14.5. The van der Waals surface area contributed by atoms with Gasteiger partial charge in [-0.15, -0.1) is 0 Å². The minimum absolute atomic E-state index is 0.142. The maximum atomic E-state index is 13.4. The maximum absolute atomic E-state index is 13.4. The van der Waals surface area contributed by atoms with Crippen LogP contribution in [0.15, 0.2) is 72.8 Å². The van der Waals surface area contributed by atoms with E-state index in [4.69, 9.17) is 4.74 Å². The van der Waals surface area contributed by atoms with E-state index in [-0.39, 0.29) is 17.4 Å². The van der Waals surface area contributed by atoms with Crippen molar-refractivity contribution in [3.05, 3.63) is 89.7 Å². The zero-order valence-electron chi connectivity index (χ0n) is 16.8. The number of carbonyl (C=O) groups excluding carboxylic acids is 2. The fourth-order valence-corrected chi connectivity index (χ4v) is 3.19. The number of benzene rings is 3. The summed E-state index contributed by atoms with van der Waals surface area (Å²) in [5, 5.41) is 5.61. The molecular formula is C24H23FN2O3. The first-order valence-electron chi connectivity index (χ1n) is 9.62. The second kappa shape index (κ2) is 9.69. The second-order valence-corrected chi connectivity index (χ2v) is 6.74. The predicted octanol–water partition coefficient (Wildman–Crippen LogP) is 5.22. The third kappa shape index (κ3) is 5.03. The van der Waals surface area contributed by atoms with Crippen LogP contribution in [0.3, 0.4) is 0 Å². The van der Waals surface area contributed by atoms with E-state index in [2.05, 4.69) is 10.6 Å². The predicted molar refractivity (Wildman–Crippen MR) is 115 cm³/mol. The lowest BCUT2D eigenvalue weighted by Crippen LogP contribution is -2.21. The van der Waals surface area contributed by atoms with Gasteiger partial charge < -0.3 is 15.4 Å². The third-order valence-electron chi connectivity index (χ3n) is 4.73. The molecule has 0 aromatic heterocycles. The van der Waals surface area contributed by atoms with E-state index in [1.807, 2.05) is 37.3 Å². The first kappa shape index (κ1) is 21.0. The molecule has 0 aliphatic heterocycles. The largest absolute Gasteiger partial charge is 0.495 e. The van der Waals surface area contributed by atoms with Gasteiger partial charge in [-0.25, -0.2) is 4.39 Å². The summed E-state index contributed by atoms with van der Waals surface area (Å²) in [6, 6.07) is 19.9. The molecule has 2 amide bonds. The summed E-state index contributed by atoms with van der Waals surface area (Å²) in [6.45, 7) is 1.95. The van der Waals surface area contributed by atoms with Crippen molar-refractivity contribution in [2.24, 2.45) is 0 Å². The Morgan fingerprint density at radius 2 is 1.73 bits per heavy atom. The van der Waals surface area contributed by atoms with Gasteiger partial charge in [0.25, 0.3) is 5.91 Å². The lowest BCUT2D eigenvalue weighted by Gasteiger charge is -2.17. The number of ether oxygens (including phenoxy) is 1. The highest BCUT2D eigenvalue weighted by Gasteiger charge is 2.19. The second-order valence-electron chi connectivity index (χ2n) is 6.74. The van der Waals surface area contributed by atoms with E-state index in [1.54, 1.807) is 18.2 Å². The van der Waals surface area contributed by atoms with Gasteiger partial charge in [0.15, 0.2) is 0 Å². The van der Waals surface area contributed by atoms with E-state index in [1.165, 1.54) is 25.3 Å². The Labute approximate surface area is 174 Å². The molecule has 0 aliphatic carbocycles. The zero-order chi connectivity index (χ0) is 21.5. The fourth-order valence-electron chi connectivity index (χ4n) is 3.19. The lowest BCUT2D eigenvalue weighted by molar-refractivity contribution is -0.117. The third-order valence-corrected chi connectivity index (χ3v) is 4.73. The smallest absolute Gasteiger partial charge is 0.255 e. The quantitative estimate of drug-likeness (QED) is 0.565. The average molecular weight is 406 g/mol. The van der Waals surface area contributed by atoms with Gasteiger partial charge >= 0.3 is 0 Å². The molecule has 0 saturated carbocycles. The summed E-state index contributed by atoms with van der Waals surface area (Å²) in [5.74, 6) is -0.989. The highest BCUT2D eigenvalue weighted by atomic mass is 19.1. The van der Waals surface area contributed by atoms with Gasteiger partial charge in [-0.1, -0.05) is 43.3 Å². The van der Waals surface area contributed by atoms with Crippen LogP contribution in [0.4, 0.5) is 15.8 Å². The van der Waals surface area contributed by atoms with Crippen molar-refractivity contribution in [2.75, 3.05) is 17.7 Å². The van der Waals surface area contributed by atoms with E-state index >= 15 is 0 Å². The maximum Gasteiger partial charge on any atom is 0.255 e. The molecule has 1 atom stereocenters. The van der Waals surface area contributed by atoms with Crippen molar-refractivity contribution in [3.8, 4) is 5.75 Å². The van der Waals surface area contributed by atoms with E-state index in [9.17, 15) is 14.0 Å². The Morgan fingerprint density at radius 1 is 0.967 bits per heavy atom. The number of halogens is 1. The van der Waals surface area contributed by atoms with Crippen LogP contribution in [-0.2, 0) is 4.79 Å². The molecule has 0 spiro atoms. The summed E-state index contributed by atoms with van der Waals surface area (Å²) < 4.78 is 18.7. The Morgan fingerprint density at radius 3 is 2.40 bits per heavy atom. The van der Waals surface area contributed by atoms with Crippen LogP contribution < -0.4 is 15.4 Å². The topological polar surface area (TPSA) is 67.4 Å². The molecule has 3 aromatic carbocycles. The minimum Gasteiger partial charge on any atom is -0.495 e. The molecule has 6 heteroatoms. The summed E-state index contributed by atoms with van der Waals surface area (Å²) in [5.41, 5.74) is 2.01. The van der Waals surface area contributed by atoms with Crippen LogP contribution in [0.25, 0.3) is 0 Å². The molecule has 30 heavy (non-hydrogen) atoms. The molecule has 154 valence electrons. The number of rotatable bonds is 7. The van der Waals surface area contributed by atoms with Gasteiger partial charge in [-0.3, -0.25) is 9.59 Å². The average Bonchev–Trinajstić information content (AvgIpc) is 2.75. The molecule has 2 N–H and O–H groups in total. The molecule has 3 rings (SSSR count). The molecule has 5 nitrogen and oxygen atoms in total. The molecule has 3 aromatic rings. The van der Waals surface area contributed by atoms with E-state index in [0.717, 1.165) is 11.6 Å². The van der Waals surface area contributed by atoms with Crippen LogP contribution in [0.1, 0.15) is 35.2 Å². The standard InChI is InChI=1S/C24H23FN2O3/c1-3-20(16-8-5-4-6-9-16)24(29)26-19-12-13-22(30-2)21(15-19)27-23(28)17-10-7-11-18(25)14-17/h4-15,20H,3H2,1-2H3,(H,26,29)(H,27,28)/t20-/m1/s1. The van der Waals surface area contributed by atoms with Gasteiger partial charge in [-0.2, -0.15) is 0 Å². The molecule has 0 radical (unpaired) electrons. The Balaban J connectivity index is 1.80. The molecule has 0 heterocycles. The van der Waals surface area contributed by atoms with Crippen LogP contribution in [0.5, 0.6) is 5.75 Å². The van der Waals surface area contributed by atoms with Crippen LogP contribution in [-0.4, -0.2) is 18.9 Å². The van der Waals surface area contributed by atoms with Crippen molar-refractivity contribution in [3.63, 3.8) is 0 Å². The number of nitrogens with one attached hydrogen (secondary N) is 2. The molecule has 0 unspecified atom stereocenters. The van der Waals surface area contributed by atoms with Gasteiger partial charge in [0.2, 0.25) is 5.91 Å². The van der Waals surface area contributed by atoms with E-state index < -0.39 is 11.7 Å². The molecule has 0 bridgehead atoms. The fraction of sp³-hybridized carbons (Fsp3) is 0.167. The number of hydrogen-bond donors (Lipinski definition) is 2. The molecule has 0 fully saturated rings. The van der Waals surface area contributed by atoms with Crippen molar-refractivity contribution >= 4 is 23.2 Å². The van der Waals surface area contributed by atoms with E-state index in [0.29, 0.717) is 23.5 Å². The zero-order valence-corrected chi connectivity index (χ0v) is 16.8. The highest BCUT2D eigenvalue weighted by molar-refractivity contribution is 6.05. The van der Waals surface area contributed by atoms with Crippen LogP contribution in [0.2, 0.25) is 0 Å². The number of anilines is 2. The summed E-state index contributed by atoms with van der Waals surface area (Å²) in [6.07, 6.45) is 0.648. The molecular weight excluding hydrogens is 383 g/mol. The van der Waals surface area contributed by atoms with Crippen molar-refractivity contribution < 1.29 is 18.7 Å². The Hall–Kier alpha value is -3.67. The van der Waals surface area contributed by atoms with Crippen molar-refractivity contribution in [2.45, 2.75) is 19.3 Å². The summed E-state index contributed by atoms with van der Waals surface area (Å²) >= 11 is 0. The normalized spacial score (nSPS) is 11.4. The summed E-state index contributed by atoms with van der Waals surface area (Å²) in [4.78, 5) is 25.3. The first-order valence-corrected chi connectivity index (χ1v) is 9.62.